The first-order valence-electron chi connectivity index (χ1n) is 7.41. The SMILES string of the molecule is O=C1C=CC(Cl)=C/C1=C/NCCN/C=C1/C=C(Cl)C=CC1=O.[O-][Cl+3]([O-])([O-])[O-].[O]=[Cr]. The molecule has 0 atom stereocenters. The van der Waals surface area contributed by atoms with Crippen LogP contribution in [0.3, 0.4) is 0 Å². The molecule has 0 aromatic carbocycles. The zero-order valence-corrected chi connectivity index (χ0v) is 18.0. The molecule has 0 bridgehead atoms. The van der Waals surface area contributed by atoms with Crippen molar-refractivity contribution < 1.29 is 58.5 Å². The summed E-state index contributed by atoms with van der Waals surface area (Å²) in [5, 5.41) is 7.06. The Balaban J connectivity index is 0.000000977. The van der Waals surface area contributed by atoms with Gasteiger partial charge in [0, 0.05) is 46.7 Å². The van der Waals surface area contributed by atoms with E-state index in [4.69, 9.17) is 45.6 Å². The topological polar surface area (TPSA) is 168 Å². The van der Waals surface area contributed by atoms with Crippen molar-refractivity contribution in [3.05, 3.63) is 70.1 Å². The van der Waals surface area contributed by atoms with Gasteiger partial charge in [0.25, 0.3) is 0 Å². The fraction of sp³-hybridized carbons (Fsp3) is 0.125. The number of nitrogens with one attached hydrogen (secondary N) is 2. The number of ketones is 2. The summed E-state index contributed by atoms with van der Waals surface area (Å²) in [5.41, 5.74) is 1.02. The molecule has 0 aromatic rings. The molecule has 9 nitrogen and oxygen atoms in total. The predicted molar refractivity (Wildman–Crippen MR) is 89.0 cm³/mol. The Hall–Kier alpha value is -1.58. The van der Waals surface area contributed by atoms with E-state index in [-0.39, 0.29) is 11.6 Å². The normalized spacial score (nSPS) is 18.3. The van der Waals surface area contributed by atoms with Gasteiger partial charge in [0.05, 0.1) is 0 Å². The zero-order chi connectivity index (χ0) is 22.4. The van der Waals surface area contributed by atoms with Gasteiger partial charge in [0.15, 0.2) is 11.6 Å². The van der Waals surface area contributed by atoms with Crippen LogP contribution in [0.25, 0.3) is 0 Å². The van der Waals surface area contributed by atoms with Gasteiger partial charge in [-0.1, -0.05) is 23.2 Å². The van der Waals surface area contributed by atoms with Crippen molar-refractivity contribution in [3.63, 3.8) is 0 Å². The van der Waals surface area contributed by atoms with Crippen LogP contribution in [0.15, 0.2) is 70.1 Å². The Bertz CT molecular complexity index is 720. The molecule has 0 fully saturated rings. The Morgan fingerprint density at radius 3 is 1.41 bits per heavy atom. The van der Waals surface area contributed by atoms with Crippen molar-refractivity contribution in [3.8, 4) is 0 Å². The molecule has 29 heavy (non-hydrogen) atoms. The van der Waals surface area contributed by atoms with Crippen molar-refractivity contribution in [2.45, 2.75) is 0 Å². The van der Waals surface area contributed by atoms with Gasteiger partial charge in [-0.25, -0.2) is 18.6 Å². The van der Waals surface area contributed by atoms with Gasteiger partial charge in [-0.2, -0.15) is 0 Å². The Morgan fingerprint density at radius 1 is 0.793 bits per heavy atom. The minimum atomic E-state index is -4.94. The Kier molecular flexibility index (Phi) is 13.6. The van der Waals surface area contributed by atoms with Crippen molar-refractivity contribution in [2.75, 3.05) is 13.1 Å². The van der Waals surface area contributed by atoms with E-state index in [1.807, 2.05) is 0 Å². The maximum absolute atomic E-state index is 11.5. The van der Waals surface area contributed by atoms with Crippen molar-refractivity contribution in [2.24, 2.45) is 0 Å². The van der Waals surface area contributed by atoms with E-state index in [1.165, 1.54) is 28.4 Å². The van der Waals surface area contributed by atoms with Gasteiger partial charge in [-0.3, -0.25) is 9.59 Å². The van der Waals surface area contributed by atoms with Crippen LogP contribution < -0.4 is 29.3 Å². The minimum absolute atomic E-state index is 0.0913. The van der Waals surface area contributed by atoms with E-state index in [0.29, 0.717) is 34.3 Å². The predicted octanol–water partition coefficient (Wildman–Crippen LogP) is -2.42. The Morgan fingerprint density at radius 2 is 1.10 bits per heavy atom. The second kappa shape index (κ2) is 14.4. The number of allylic oxidation sites excluding steroid dienone is 10. The van der Waals surface area contributed by atoms with Crippen LogP contribution >= 0.6 is 23.2 Å². The van der Waals surface area contributed by atoms with Crippen LogP contribution in [0.4, 0.5) is 0 Å². The first-order chi connectivity index (χ1) is 13.6. The molecule has 0 saturated carbocycles. The summed E-state index contributed by atoms with van der Waals surface area (Å²) < 4.78 is 42.1. The molecule has 0 aromatic heterocycles. The average Bonchev–Trinajstić information content (AvgIpc) is 2.64. The molecular weight excluding hydrogens is 491 g/mol. The van der Waals surface area contributed by atoms with Gasteiger partial charge in [-0.05, 0) is 36.5 Å². The van der Waals surface area contributed by atoms with Crippen molar-refractivity contribution in [1.82, 2.24) is 10.6 Å². The summed E-state index contributed by atoms with van der Waals surface area (Å²) in [4.78, 5) is 23.1. The first kappa shape index (κ1) is 27.4. The molecule has 2 aliphatic carbocycles. The van der Waals surface area contributed by atoms with Crippen LogP contribution in [0.2, 0.25) is 0 Å². The second-order valence-electron chi connectivity index (χ2n) is 4.94. The third-order valence-electron chi connectivity index (χ3n) is 2.87. The quantitative estimate of drug-likeness (QED) is 0.306. The van der Waals surface area contributed by atoms with Crippen LogP contribution in [-0.4, -0.2) is 24.7 Å². The monoisotopic (exact) mass is 503 g/mol. The van der Waals surface area contributed by atoms with Gasteiger partial charge < -0.3 is 10.6 Å². The fourth-order valence-electron chi connectivity index (χ4n) is 1.77. The molecule has 0 unspecified atom stereocenters. The Labute approximate surface area is 186 Å². The van der Waals surface area contributed by atoms with E-state index in [0.717, 1.165) is 0 Å². The standard InChI is InChI=1S/C16H14Cl2N2O2.ClHO4.Cr.O/c17-13-1-3-15(21)11(7-13)9-19-5-6-20-10-12-8-14(18)2-4-16(12)22;2-1(3,4)5;;/h1-4,7-10,19-20H,5-6H2;(H,2,3,4,5);;/p-1/b11-9-,12-10-;;;. The van der Waals surface area contributed by atoms with Crippen LogP contribution in [0.5, 0.6) is 0 Å². The molecule has 0 heterocycles. The van der Waals surface area contributed by atoms with E-state index < -0.39 is 10.2 Å². The molecule has 158 valence electrons. The number of hydrogen-bond acceptors (Lipinski definition) is 9. The third kappa shape index (κ3) is 14.1. The molecule has 0 spiro atoms. The van der Waals surface area contributed by atoms with Gasteiger partial charge in [0.1, 0.15) is 0 Å². The summed E-state index contributed by atoms with van der Waals surface area (Å²) >= 11 is 13.0. The van der Waals surface area contributed by atoms with Crippen LogP contribution in [0, 0.1) is 10.2 Å². The van der Waals surface area contributed by atoms with Gasteiger partial charge in [-0.15, -0.1) is 10.2 Å². The van der Waals surface area contributed by atoms with Crippen molar-refractivity contribution in [1.29, 1.82) is 0 Å². The van der Waals surface area contributed by atoms with Crippen LogP contribution in [-0.2, 0) is 29.6 Å². The second-order valence-corrected chi connectivity index (χ2v) is 6.57. The summed E-state index contributed by atoms with van der Waals surface area (Å²) in [7, 11) is -4.94. The number of hydrogen-bond donors (Lipinski definition) is 2. The molecule has 0 saturated heterocycles. The number of halogens is 3. The van der Waals surface area contributed by atoms with Crippen LogP contribution in [0.1, 0.15) is 0 Å². The number of carbonyl (C=O) groups is 2. The molecule has 2 N–H and O–H groups in total. The zero-order valence-electron chi connectivity index (χ0n) is 14.4. The summed E-state index contributed by atoms with van der Waals surface area (Å²) in [6.07, 6.45) is 12.4. The molecule has 0 aliphatic heterocycles. The number of rotatable bonds is 5. The molecule has 2 aliphatic rings. The van der Waals surface area contributed by atoms with E-state index in [1.54, 1.807) is 36.7 Å². The van der Waals surface area contributed by atoms with E-state index >= 15 is 0 Å². The maximum atomic E-state index is 11.5. The fourth-order valence-corrected chi connectivity index (χ4v) is 2.13. The third-order valence-corrected chi connectivity index (χ3v) is 3.34. The van der Waals surface area contributed by atoms with Gasteiger partial charge in [0.2, 0.25) is 0 Å². The summed E-state index contributed by atoms with van der Waals surface area (Å²) in [6, 6.07) is 0. The molecule has 0 radical (unpaired) electrons. The first-order valence-corrected chi connectivity index (χ1v) is 9.92. The average molecular weight is 505 g/mol. The van der Waals surface area contributed by atoms with Crippen molar-refractivity contribution >= 4 is 34.8 Å². The van der Waals surface area contributed by atoms with E-state index in [2.05, 4.69) is 10.6 Å². The molecule has 0 amide bonds. The molecule has 13 heteroatoms. The molecule has 2 rings (SSSR count). The molecular formula is C16H14Cl3CrN2O7-. The van der Waals surface area contributed by atoms with E-state index in [9.17, 15) is 9.59 Å². The van der Waals surface area contributed by atoms with Gasteiger partial charge >= 0.3 is 20.0 Å². The summed E-state index contributed by atoms with van der Waals surface area (Å²) in [5.74, 6) is -0.183. The summed E-state index contributed by atoms with van der Waals surface area (Å²) in [6.45, 7) is 1.16. The number of carbonyl (C=O) groups excluding carboxylic acids is 2.